The molecule has 0 saturated heterocycles. The lowest BCUT2D eigenvalue weighted by Gasteiger charge is -2.09. The molecule has 1 nitrogen and oxygen atoms in total. The van der Waals surface area contributed by atoms with Crippen LogP contribution in [0.15, 0.2) is 6.07 Å². The van der Waals surface area contributed by atoms with Crippen molar-refractivity contribution in [2.45, 2.75) is 58.8 Å². The third-order valence-electron chi connectivity index (χ3n) is 3.51. The van der Waals surface area contributed by atoms with Gasteiger partial charge in [-0.05, 0) is 49.7 Å². The number of hydrogen-bond donors (Lipinski definition) is 0. The second-order valence-electron chi connectivity index (χ2n) is 4.62. The normalized spacial score (nSPS) is 18.5. The molecular formula is C14H21N. The van der Waals surface area contributed by atoms with E-state index in [0.29, 0.717) is 0 Å². The molecule has 15 heavy (non-hydrogen) atoms. The van der Waals surface area contributed by atoms with Crippen molar-refractivity contribution in [2.24, 2.45) is 0 Å². The van der Waals surface area contributed by atoms with Crippen LogP contribution in [0.3, 0.4) is 0 Å². The number of aromatic nitrogens is 1. The molecular weight excluding hydrogens is 182 g/mol. The smallest absolute Gasteiger partial charge is 0.0469 e. The molecule has 2 aliphatic carbocycles. The predicted octanol–water partition coefficient (Wildman–Crippen LogP) is 3.65. The van der Waals surface area contributed by atoms with Gasteiger partial charge in [0, 0.05) is 17.3 Å². The van der Waals surface area contributed by atoms with Gasteiger partial charge in [-0.25, -0.2) is 0 Å². The average molecular weight is 203 g/mol. The van der Waals surface area contributed by atoms with Crippen LogP contribution in [0.1, 0.15) is 62.0 Å². The van der Waals surface area contributed by atoms with Crippen LogP contribution in [0.4, 0.5) is 0 Å². The fraction of sp³-hybridized carbons (Fsp3) is 0.643. The highest BCUT2D eigenvalue weighted by molar-refractivity contribution is 5.36. The Morgan fingerprint density at radius 1 is 1.33 bits per heavy atom. The monoisotopic (exact) mass is 203 g/mol. The van der Waals surface area contributed by atoms with Crippen molar-refractivity contribution in [3.63, 3.8) is 0 Å². The van der Waals surface area contributed by atoms with Crippen LogP contribution in [0.25, 0.3) is 0 Å². The summed E-state index contributed by atoms with van der Waals surface area (Å²) in [6, 6.07) is 2.43. The SMILES string of the molecule is C.CCc1cc2c(nc1C1CC1)CCC2. The van der Waals surface area contributed by atoms with Gasteiger partial charge in [0.2, 0.25) is 0 Å². The maximum absolute atomic E-state index is 4.89. The first-order chi connectivity index (χ1) is 6.88. The molecule has 0 bridgehead atoms. The lowest BCUT2D eigenvalue weighted by atomic mass is 10.0. The molecule has 1 fully saturated rings. The molecule has 1 heterocycles. The lowest BCUT2D eigenvalue weighted by molar-refractivity contribution is 0.883. The van der Waals surface area contributed by atoms with Crippen LogP contribution in [0, 0.1) is 0 Å². The van der Waals surface area contributed by atoms with Crippen molar-refractivity contribution in [1.82, 2.24) is 4.98 Å². The van der Waals surface area contributed by atoms with E-state index in [0.717, 1.165) is 12.3 Å². The Kier molecular flexibility index (Phi) is 2.81. The minimum absolute atomic E-state index is 0. The van der Waals surface area contributed by atoms with Crippen molar-refractivity contribution in [2.75, 3.05) is 0 Å². The second-order valence-corrected chi connectivity index (χ2v) is 4.62. The van der Waals surface area contributed by atoms with Crippen LogP contribution in [-0.4, -0.2) is 4.98 Å². The summed E-state index contributed by atoms with van der Waals surface area (Å²) in [6.45, 7) is 2.25. The summed E-state index contributed by atoms with van der Waals surface area (Å²) in [5, 5.41) is 0. The first-order valence-corrected chi connectivity index (χ1v) is 5.90. The molecule has 0 N–H and O–H groups in total. The molecule has 0 amide bonds. The van der Waals surface area contributed by atoms with E-state index in [1.54, 1.807) is 0 Å². The number of nitrogens with zero attached hydrogens (tertiary/aromatic N) is 1. The van der Waals surface area contributed by atoms with Gasteiger partial charge in [-0.2, -0.15) is 0 Å². The van der Waals surface area contributed by atoms with Crippen molar-refractivity contribution in [3.05, 3.63) is 28.6 Å². The highest BCUT2D eigenvalue weighted by Gasteiger charge is 2.28. The Morgan fingerprint density at radius 3 is 2.80 bits per heavy atom. The van der Waals surface area contributed by atoms with Gasteiger partial charge >= 0.3 is 0 Å². The van der Waals surface area contributed by atoms with Crippen molar-refractivity contribution < 1.29 is 0 Å². The van der Waals surface area contributed by atoms with Crippen molar-refractivity contribution >= 4 is 0 Å². The molecule has 3 rings (SSSR count). The average Bonchev–Trinajstić information content (AvgIpc) is 2.95. The van der Waals surface area contributed by atoms with E-state index >= 15 is 0 Å². The molecule has 1 aromatic rings. The van der Waals surface area contributed by atoms with E-state index < -0.39 is 0 Å². The number of rotatable bonds is 2. The lowest BCUT2D eigenvalue weighted by Crippen LogP contribution is -2.00. The van der Waals surface area contributed by atoms with Gasteiger partial charge in [0.1, 0.15) is 0 Å². The van der Waals surface area contributed by atoms with E-state index in [1.165, 1.54) is 54.6 Å². The number of aryl methyl sites for hydroxylation is 3. The minimum atomic E-state index is 0. The zero-order chi connectivity index (χ0) is 9.54. The van der Waals surface area contributed by atoms with Gasteiger partial charge in [-0.15, -0.1) is 0 Å². The summed E-state index contributed by atoms with van der Waals surface area (Å²) in [5.74, 6) is 0.816. The summed E-state index contributed by atoms with van der Waals surface area (Å²) in [7, 11) is 0. The molecule has 0 unspecified atom stereocenters. The molecule has 1 heteroatoms. The van der Waals surface area contributed by atoms with E-state index in [-0.39, 0.29) is 7.43 Å². The topological polar surface area (TPSA) is 12.9 Å². The predicted molar refractivity (Wildman–Crippen MR) is 64.3 cm³/mol. The van der Waals surface area contributed by atoms with E-state index in [9.17, 15) is 0 Å². The molecule has 2 aliphatic rings. The summed E-state index contributed by atoms with van der Waals surface area (Å²) >= 11 is 0. The van der Waals surface area contributed by atoms with E-state index in [1.807, 2.05) is 0 Å². The molecule has 0 radical (unpaired) electrons. The summed E-state index contributed by atoms with van der Waals surface area (Å²) in [5.41, 5.74) is 5.90. The van der Waals surface area contributed by atoms with Gasteiger partial charge in [-0.3, -0.25) is 4.98 Å². The Bertz CT molecular complexity index is 364. The first kappa shape index (κ1) is 10.7. The zero-order valence-corrected chi connectivity index (χ0v) is 8.84. The van der Waals surface area contributed by atoms with Crippen LogP contribution >= 0.6 is 0 Å². The summed E-state index contributed by atoms with van der Waals surface area (Å²) < 4.78 is 0. The van der Waals surface area contributed by atoms with Gasteiger partial charge < -0.3 is 0 Å². The van der Waals surface area contributed by atoms with E-state index in [4.69, 9.17) is 4.98 Å². The molecule has 0 aliphatic heterocycles. The Labute approximate surface area is 92.9 Å². The zero-order valence-electron chi connectivity index (χ0n) is 8.84. The third-order valence-corrected chi connectivity index (χ3v) is 3.51. The van der Waals surface area contributed by atoms with Crippen molar-refractivity contribution in [3.8, 4) is 0 Å². The number of fused-ring (bicyclic) bond motifs is 1. The number of hydrogen-bond acceptors (Lipinski definition) is 1. The van der Waals surface area contributed by atoms with Crippen molar-refractivity contribution in [1.29, 1.82) is 0 Å². The van der Waals surface area contributed by atoms with Gasteiger partial charge in [0.25, 0.3) is 0 Å². The summed E-state index contributed by atoms with van der Waals surface area (Å²) in [4.78, 5) is 4.89. The molecule has 0 aromatic carbocycles. The first-order valence-electron chi connectivity index (χ1n) is 5.90. The van der Waals surface area contributed by atoms with Crippen LogP contribution in [-0.2, 0) is 19.3 Å². The Balaban J connectivity index is 0.000000853. The van der Waals surface area contributed by atoms with Gasteiger partial charge in [0.05, 0.1) is 0 Å². The highest BCUT2D eigenvalue weighted by Crippen LogP contribution is 2.41. The maximum atomic E-state index is 4.89. The van der Waals surface area contributed by atoms with Gasteiger partial charge in [-0.1, -0.05) is 20.4 Å². The maximum Gasteiger partial charge on any atom is 0.0469 e. The summed E-state index contributed by atoms with van der Waals surface area (Å²) in [6.07, 6.45) is 7.71. The largest absolute Gasteiger partial charge is 0.257 e. The minimum Gasteiger partial charge on any atom is -0.257 e. The van der Waals surface area contributed by atoms with Crippen LogP contribution < -0.4 is 0 Å². The second kappa shape index (κ2) is 3.96. The Morgan fingerprint density at radius 2 is 2.13 bits per heavy atom. The Hall–Kier alpha value is -0.850. The van der Waals surface area contributed by atoms with Crippen LogP contribution in [0.2, 0.25) is 0 Å². The van der Waals surface area contributed by atoms with Crippen LogP contribution in [0.5, 0.6) is 0 Å². The number of pyridine rings is 1. The molecule has 82 valence electrons. The molecule has 0 atom stereocenters. The standard InChI is InChI=1S/C13H17N.CH4/c1-2-9-8-11-4-3-5-12(11)14-13(9)10-6-7-10;/h8,10H,2-7H2,1H3;1H4. The molecule has 0 spiro atoms. The quantitative estimate of drug-likeness (QED) is 0.715. The highest BCUT2D eigenvalue weighted by atomic mass is 14.8. The fourth-order valence-corrected chi connectivity index (χ4v) is 2.53. The fourth-order valence-electron chi connectivity index (χ4n) is 2.53. The molecule has 1 saturated carbocycles. The van der Waals surface area contributed by atoms with E-state index in [2.05, 4.69) is 13.0 Å². The molecule has 1 aromatic heterocycles. The van der Waals surface area contributed by atoms with Gasteiger partial charge in [0.15, 0.2) is 0 Å². The third kappa shape index (κ3) is 1.80.